The molecule has 2 amide bonds. The van der Waals surface area contributed by atoms with Crippen molar-refractivity contribution in [3.05, 3.63) is 24.3 Å². The van der Waals surface area contributed by atoms with Gasteiger partial charge in [0.25, 0.3) is 0 Å². The zero-order valence-corrected chi connectivity index (χ0v) is 18.3. The third-order valence-electron chi connectivity index (χ3n) is 7.70. The van der Waals surface area contributed by atoms with Crippen LogP contribution in [-0.4, -0.2) is 74.6 Å². The van der Waals surface area contributed by atoms with E-state index in [0.717, 1.165) is 58.3 Å². The lowest BCUT2D eigenvalue weighted by atomic mass is 9.71. The van der Waals surface area contributed by atoms with Gasteiger partial charge in [-0.3, -0.25) is 9.59 Å². The fraction of sp³-hybridized carbons (Fsp3) is 0.739. The second-order valence-electron chi connectivity index (χ2n) is 9.75. The van der Waals surface area contributed by atoms with Gasteiger partial charge in [-0.1, -0.05) is 11.6 Å². The predicted molar refractivity (Wildman–Crippen MR) is 116 cm³/mol. The first-order valence-corrected chi connectivity index (χ1v) is 12.0. The maximum absolute atomic E-state index is 13.4. The van der Waals surface area contributed by atoms with Gasteiger partial charge in [0.2, 0.25) is 11.8 Å². The first-order valence-electron chi connectivity index (χ1n) is 12.0. The maximum atomic E-state index is 13.4. The van der Waals surface area contributed by atoms with E-state index >= 15 is 0 Å². The number of rotatable bonds is 6. The van der Waals surface area contributed by atoms with Crippen molar-refractivity contribution in [2.24, 2.45) is 11.8 Å². The second kappa shape index (κ2) is 9.10. The third-order valence-corrected chi connectivity index (χ3v) is 7.70. The molecule has 1 aliphatic carbocycles. The molecule has 1 N–H and O–H groups in total. The lowest BCUT2D eigenvalue weighted by molar-refractivity contribution is -0.160. The minimum absolute atomic E-state index is 0.0517. The van der Waals surface area contributed by atoms with E-state index in [9.17, 15) is 9.59 Å². The van der Waals surface area contributed by atoms with Crippen LogP contribution >= 0.6 is 0 Å². The topological polar surface area (TPSA) is 83.4 Å². The molecule has 168 valence electrons. The molecule has 8 nitrogen and oxygen atoms in total. The number of allylic oxidation sites excluding steroid dienone is 1. The van der Waals surface area contributed by atoms with Crippen molar-refractivity contribution < 1.29 is 9.59 Å². The molecule has 3 aliphatic heterocycles. The molecule has 0 saturated carbocycles. The first-order chi connectivity index (χ1) is 15.2. The van der Waals surface area contributed by atoms with Crippen LogP contribution < -0.4 is 5.32 Å². The maximum Gasteiger partial charge on any atom is 0.243 e. The molecule has 4 atom stereocenters. The van der Waals surface area contributed by atoms with Crippen LogP contribution in [0.5, 0.6) is 0 Å². The Morgan fingerprint density at radius 2 is 1.90 bits per heavy atom. The van der Waals surface area contributed by atoms with E-state index in [4.69, 9.17) is 0 Å². The monoisotopic (exact) mass is 426 g/mol. The Morgan fingerprint density at radius 1 is 1.06 bits per heavy atom. The fourth-order valence-electron chi connectivity index (χ4n) is 6.24. The van der Waals surface area contributed by atoms with Crippen molar-refractivity contribution in [2.45, 2.75) is 70.0 Å². The summed E-state index contributed by atoms with van der Waals surface area (Å²) in [5.74, 6) is 0.907. The van der Waals surface area contributed by atoms with Crippen LogP contribution in [0.2, 0.25) is 0 Å². The molecule has 0 unspecified atom stereocenters. The average molecular weight is 427 g/mol. The van der Waals surface area contributed by atoms with E-state index in [1.807, 2.05) is 9.47 Å². The smallest absolute Gasteiger partial charge is 0.243 e. The molecule has 4 aliphatic rings. The summed E-state index contributed by atoms with van der Waals surface area (Å²) < 4.78 is 2.00. The van der Waals surface area contributed by atoms with Crippen molar-refractivity contribution >= 4 is 11.8 Å². The highest BCUT2D eigenvalue weighted by Crippen LogP contribution is 2.41. The third kappa shape index (κ3) is 4.40. The van der Waals surface area contributed by atoms with E-state index in [-0.39, 0.29) is 29.8 Å². The van der Waals surface area contributed by atoms with E-state index < -0.39 is 0 Å². The van der Waals surface area contributed by atoms with Crippen molar-refractivity contribution in [2.75, 3.05) is 26.2 Å². The van der Waals surface area contributed by atoms with E-state index in [1.165, 1.54) is 18.4 Å². The number of aromatic nitrogens is 3. The molecule has 3 fully saturated rings. The van der Waals surface area contributed by atoms with Crippen LogP contribution in [0.1, 0.15) is 51.4 Å². The molecule has 0 spiro atoms. The summed E-state index contributed by atoms with van der Waals surface area (Å²) >= 11 is 0. The number of fused-ring (bicyclic) bond motifs is 4. The van der Waals surface area contributed by atoms with Crippen LogP contribution in [0.3, 0.4) is 0 Å². The first kappa shape index (κ1) is 20.7. The van der Waals surface area contributed by atoms with Gasteiger partial charge in [-0.05, 0) is 50.9 Å². The number of likely N-dealkylation sites (tertiary alicyclic amines) is 1. The summed E-state index contributed by atoms with van der Waals surface area (Å²) in [4.78, 5) is 30.9. The average Bonchev–Trinajstić information content (AvgIpc) is 3.31. The summed E-state index contributed by atoms with van der Waals surface area (Å²) in [6, 6.07) is -0.115. The van der Waals surface area contributed by atoms with E-state index in [2.05, 4.69) is 26.5 Å². The normalized spacial score (nSPS) is 31.2. The second-order valence-corrected chi connectivity index (χ2v) is 9.75. The standard InChI is InChI=1S/C23H34N6O2/c30-21-8-4-7-20-18-11-19(14-27(13-18)9-10-28-15-25-26-16-28)22(29(20)21)23(31)24-12-17-5-2-1-3-6-17/h5,15-16,18-20,22H,1-4,6-14H2,(H,24,31)/t18-,19+,20-,22+/m0/s1. The molecule has 5 rings (SSSR count). The van der Waals surface area contributed by atoms with Crippen molar-refractivity contribution in [1.29, 1.82) is 0 Å². The van der Waals surface area contributed by atoms with Gasteiger partial charge in [0, 0.05) is 51.1 Å². The summed E-state index contributed by atoms with van der Waals surface area (Å²) in [5, 5.41) is 11.0. The quantitative estimate of drug-likeness (QED) is 0.699. The Hall–Kier alpha value is -2.22. The Bertz CT molecular complexity index is 822. The molecular weight excluding hydrogens is 392 g/mol. The highest BCUT2D eigenvalue weighted by Gasteiger charge is 2.51. The SMILES string of the molecule is O=C(NCC1=CCCCC1)[C@H]1[C@@H]2C[C@@H](CN(CCn3cnnc3)C2)[C@@H]2CCCC(=O)N21. The molecule has 0 radical (unpaired) electrons. The Labute approximate surface area is 184 Å². The fourth-order valence-corrected chi connectivity index (χ4v) is 6.24. The van der Waals surface area contributed by atoms with Crippen molar-refractivity contribution in [1.82, 2.24) is 29.9 Å². The molecule has 4 heterocycles. The van der Waals surface area contributed by atoms with Crippen molar-refractivity contribution in [3.63, 3.8) is 0 Å². The summed E-state index contributed by atoms with van der Waals surface area (Å²) in [7, 11) is 0. The number of carbonyl (C=O) groups excluding carboxylic acids is 2. The van der Waals surface area contributed by atoms with Crippen LogP contribution in [0.25, 0.3) is 0 Å². The lowest BCUT2D eigenvalue weighted by Gasteiger charge is -2.56. The number of nitrogens with one attached hydrogen (secondary N) is 1. The minimum Gasteiger partial charge on any atom is -0.351 e. The highest BCUT2D eigenvalue weighted by atomic mass is 16.2. The zero-order chi connectivity index (χ0) is 21.2. The Kier molecular flexibility index (Phi) is 6.07. The van der Waals surface area contributed by atoms with Gasteiger partial charge in [0.15, 0.2) is 0 Å². The number of piperidine rings is 3. The van der Waals surface area contributed by atoms with Crippen molar-refractivity contribution in [3.8, 4) is 0 Å². The predicted octanol–water partition coefficient (Wildman–Crippen LogP) is 1.60. The molecule has 0 aromatic carbocycles. The van der Waals surface area contributed by atoms with Gasteiger partial charge in [0.1, 0.15) is 18.7 Å². The van der Waals surface area contributed by atoms with Gasteiger partial charge in [-0.15, -0.1) is 10.2 Å². The zero-order valence-electron chi connectivity index (χ0n) is 18.3. The minimum atomic E-state index is -0.323. The largest absolute Gasteiger partial charge is 0.351 e. The Balaban J connectivity index is 1.30. The number of amides is 2. The molecule has 8 heteroatoms. The molecule has 1 aromatic rings. The van der Waals surface area contributed by atoms with Gasteiger partial charge in [0.05, 0.1) is 0 Å². The van der Waals surface area contributed by atoms with Gasteiger partial charge >= 0.3 is 0 Å². The van der Waals surface area contributed by atoms with E-state index in [0.29, 0.717) is 18.9 Å². The summed E-state index contributed by atoms with van der Waals surface area (Å²) in [6.07, 6.45) is 14.1. The van der Waals surface area contributed by atoms with Crippen LogP contribution in [0.4, 0.5) is 0 Å². The summed E-state index contributed by atoms with van der Waals surface area (Å²) in [5.41, 5.74) is 1.34. The van der Waals surface area contributed by atoms with E-state index in [1.54, 1.807) is 12.7 Å². The van der Waals surface area contributed by atoms with Gasteiger partial charge < -0.3 is 19.7 Å². The number of nitrogens with zero attached hydrogens (tertiary/aromatic N) is 5. The molecule has 1 aromatic heterocycles. The number of hydrogen-bond acceptors (Lipinski definition) is 5. The van der Waals surface area contributed by atoms with Crippen LogP contribution in [0.15, 0.2) is 24.3 Å². The molecule has 3 saturated heterocycles. The molecule has 2 bridgehead atoms. The van der Waals surface area contributed by atoms with Crippen LogP contribution in [-0.2, 0) is 16.1 Å². The summed E-state index contributed by atoms with van der Waals surface area (Å²) in [6.45, 7) is 4.29. The lowest BCUT2D eigenvalue weighted by Crippen LogP contribution is -2.68. The molecular formula is C23H34N6O2. The van der Waals surface area contributed by atoms with Gasteiger partial charge in [-0.25, -0.2) is 0 Å². The molecule has 31 heavy (non-hydrogen) atoms. The van der Waals surface area contributed by atoms with Gasteiger partial charge in [-0.2, -0.15) is 0 Å². The number of hydrogen-bond donors (Lipinski definition) is 1. The highest BCUT2D eigenvalue weighted by molar-refractivity contribution is 5.89. The number of carbonyl (C=O) groups is 2. The Morgan fingerprint density at radius 3 is 2.71 bits per heavy atom. The van der Waals surface area contributed by atoms with Crippen LogP contribution in [0, 0.1) is 11.8 Å².